The van der Waals surface area contributed by atoms with Crippen LogP contribution in [0, 0.1) is 17.8 Å². The standard InChI is InChI=1S/C17H21NO2/c19-15-3-1-2-14(16(15)20)10-18-17-7-11-4-12(8-17)6-13(5-11)9-17/h1-3,10-13,19-20H,4-9H2. The van der Waals surface area contributed by atoms with E-state index < -0.39 is 0 Å². The second kappa shape index (κ2) is 4.24. The Morgan fingerprint density at radius 2 is 1.60 bits per heavy atom. The molecule has 3 nitrogen and oxygen atoms in total. The van der Waals surface area contributed by atoms with Gasteiger partial charge in [0.1, 0.15) is 0 Å². The summed E-state index contributed by atoms with van der Waals surface area (Å²) in [5, 5.41) is 19.4. The molecule has 0 atom stereocenters. The molecule has 0 aromatic heterocycles. The summed E-state index contributed by atoms with van der Waals surface area (Å²) in [7, 11) is 0. The third kappa shape index (κ3) is 1.91. The SMILES string of the molecule is Oc1cccc(C=NC23CC4CC(CC(C4)C2)C3)c1O. The van der Waals surface area contributed by atoms with E-state index in [-0.39, 0.29) is 17.0 Å². The molecule has 0 aliphatic heterocycles. The van der Waals surface area contributed by atoms with Crippen molar-refractivity contribution in [3.05, 3.63) is 23.8 Å². The highest BCUT2D eigenvalue weighted by Gasteiger charge is 2.50. The molecule has 0 radical (unpaired) electrons. The Balaban J connectivity index is 1.62. The number of hydrogen-bond acceptors (Lipinski definition) is 3. The van der Waals surface area contributed by atoms with Crippen LogP contribution in [0.4, 0.5) is 0 Å². The maximum atomic E-state index is 9.87. The number of aromatic hydroxyl groups is 2. The number of nitrogens with zero attached hydrogens (tertiary/aromatic N) is 1. The van der Waals surface area contributed by atoms with E-state index in [1.165, 1.54) is 44.6 Å². The zero-order chi connectivity index (χ0) is 13.7. The lowest BCUT2D eigenvalue weighted by Gasteiger charge is -2.54. The number of para-hydroxylation sites is 1. The molecule has 0 saturated heterocycles. The first-order valence-corrected chi connectivity index (χ1v) is 7.70. The van der Waals surface area contributed by atoms with Gasteiger partial charge in [-0.1, -0.05) is 6.07 Å². The zero-order valence-electron chi connectivity index (χ0n) is 11.6. The molecule has 4 aliphatic carbocycles. The van der Waals surface area contributed by atoms with Crippen LogP contribution >= 0.6 is 0 Å². The van der Waals surface area contributed by atoms with Gasteiger partial charge in [0.25, 0.3) is 0 Å². The van der Waals surface area contributed by atoms with Gasteiger partial charge in [0, 0.05) is 11.8 Å². The van der Waals surface area contributed by atoms with Crippen molar-refractivity contribution in [2.75, 3.05) is 0 Å². The fourth-order valence-corrected chi connectivity index (χ4v) is 5.08. The zero-order valence-corrected chi connectivity index (χ0v) is 11.6. The molecule has 3 heteroatoms. The summed E-state index contributed by atoms with van der Waals surface area (Å²) in [6.07, 6.45) is 9.66. The smallest absolute Gasteiger partial charge is 0.166 e. The molecule has 4 bridgehead atoms. The Bertz CT molecular complexity index is 529. The summed E-state index contributed by atoms with van der Waals surface area (Å²) in [5.41, 5.74) is 0.743. The molecule has 5 rings (SSSR count). The van der Waals surface area contributed by atoms with Gasteiger partial charge >= 0.3 is 0 Å². The molecule has 4 fully saturated rings. The highest BCUT2D eigenvalue weighted by atomic mass is 16.3. The van der Waals surface area contributed by atoms with Crippen LogP contribution in [0.2, 0.25) is 0 Å². The summed E-state index contributed by atoms with van der Waals surface area (Å²) in [5.74, 6) is 2.49. The minimum absolute atomic E-state index is 0.0546. The number of rotatable bonds is 2. The van der Waals surface area contributed by atoms with Crippen molar-refractivity contribution in [2.24, 2.45) is 22.7 Å². The first kappa shape index (κ1) is 12.2. The molecular formula is C17H21NO2. The van der Waals surface area contributed by atoms with Crippen LogP contribution in [0.25, 0.3) is 0 Å². The van der Waals surface area contributed by atoms with Crippen LogP contribution in [0.5, 0.6) is 11.5 Å². The molecule has 106 valence electrons. The van der Waals surface area contributed by atoms with E-state index in [1.54, 1.807) is 18.3 Å². The van der Waals surface area contributed by atoms with Gasteiger partial charge < -0.3 is 10.2 Å². The van der Waals surface area contributed by atoms with Crippen LogP contribution in [0.15, 0.2) is 23.2 Å². The third-order valence-electron chi connectivity index (χ3n) is 5.53. The number of benzene rings is 1. The van der Waals surface area contributed by atoms with E-state index in [1.807, 2.05) is 0 Å². The molecule has 4 aliphatic rings. The van der Waals surface area contributed by atoms with Crippen molar-refractivity contribution in [3.63, 3.8) is 0 Å². The van der Waals surface area contributed by atoms with Gasteiger partial charge in [-0.25, -0.2) is 0 Å². The number of phenols is 2. The van der Waals surface area contributed by atoms with Crippen LogP contribution in [0.3, 0.4) is 0 Å². The molecule has 0 amide bonds. The summed E-state index contributed by atoms with van der Waals surface area (Å²) in [4.78, 5) is 4.89. The Morgan fingerprint density at radius 1 is 1.00 bits per heavy atom. The van der Waals surface area contributed by atoms with Crippen LogP contribution in [0.1, 0.15) is 44.1 Å². The predicted molar refractivity (Wildman–Crippen MR) is 78.3 cm³/mol. The molecular weight excluding hydrogens is 250 g/mol. The lowest BCUT2D eigenvalue weighted by molar-refractivity contribution is 0.00194. The Kier molecular flexibility index (Phi) is 2.60. The van der Waals surface area contributed by atoms with Gasteiger partial charge in [-0.3, -0.25) is 4.99 Å². The molecule has 20 heavy (non-hydrogen) atoms. The first-order valence-electron chi connectivity index (χ1n) is 7.70. The summed E-state index contributed by atoms with van der Waals surface area (Å²) >= 11 is 0. The monoisotopic (exact) mass is 271 g/mol. The lowest BCUT2D eigenvalue weighted by Crippen LogP contribution is -2.49. The van der Waals surface area contributed by atoms with E-state index in [2.05, 4.69) is 0 Å². The number of aliphatic imine (C=N–C) groups is 1. The number of hydrogen-bond donors (Lipinski definition) is 2. The Hall–Kier alpha value is -1.51. The van der Waals surface area contributed by atoms with E-state index in [4.69, 9.17) is 4.99 Å². The predicted octanol–water partition coefficient (Wildman–Crippen LogP) is 3.49. The van der Waals surface area contributed by atoms with E-state index in [0.29, 0.717) is 5.56 Å². The second-order valence-corrected chi connectivity index (χ2v) is 7.12. The van der Waals surface area contributed by atoms with Gasteiger partial charge in [-0.15, -0.1) is 0 Å². The average molecular weight is 271 g/mol. The summed E-state index contributed by atoms with van der Waals surface area (Å²) in [6.45, 7) is 0. The summed E-state index contributed by atoms with van der Waals surface area (Å²) in [6, 6.07) is 5.05. The van der Waals surface area contributed by atoms with Crippen molar-refractivity contribution >= 4 is 6.21 Å². The first-order chi connectivity index (χ1) is 9.63. The molecule has 1 aromatic carbocycles. The fraction of sp³-hybridized carbons (Fsp3) is 0.588. The molecule has 4 saturated carbocycles. The topological polar surface area (TPSA) is 52.8 Å². The fourth-order valence-electron chi connectivity index (χ4n) is 5.08. The Labute approximate surface area is 119 Å². The van der Waals surface area contributed by atoms with Crippen LogP contribution in [-0.2, 0) is 0 Å². The highest BCUT2D eigenvalue weighted by molar-refractivity contribution is 5.85. The van der Waals surface area contributed by atoms with Crippen LogP contribution in [-0.4, -0.2) is 22.0 Å². The van der Waals surface area contributed by atoms with Crippen LogP contribution < -0.4 is 0 Å². The van der Waals surface area contributed by atoms with E-state index in [0.717, 1.165) is 17.8 Å². The number of phenolic OH excluding ortho intramolecular Hbond substituents is 2. The van der Waals surface area contributed by atoms with Gasteiger partial charge in [0.15, 0.2) is 11.5 Å². The normalized spacial score (nSPS) is 38.7. The van der Waals surface area contributed by atoms with Crippen molar-refractivity contribution in [1.82, 2.24) is 0 Å². The minimum atomic E-state index is -0.0699. The molecule has 1 aromatic rings. The second-order valence-electron chi connectivity index (χ2n) is 7.12. The molecule has 2 N–H and O–H groups in total. The summed E-state index contributed by atoms with van der Waals surface area (Å²) < 4.78 is 0. The third-order valence-corrected chi connectivity index (χ3v) is 5.53. The Morgan fingerprint density at radius 3 is 2.20 bits per heavy atom. The van der Waals surface area contributed by atoms with E-state index >= 15 is 0 Å². The van der Waals surface area contributed by atoms with Crippen molar-refractivity contribution in [3.8, 4) is 11.5 Å². The van der Waals surface area contributed by atoms with Gasteiger partial charge in [0.2, 0.25) is 0 Å². The van der Waals surface area contributed by atoms with Gasteiger partial charge in [-0.05, 0) is 68.4 Å². The van der Waals surface area contributed by atoms with Gasteiger partial charge in [-0.2, -0.15) is 0 Å². The largest absolute Gasteiger partial charge is 0.504 e. The maximum Gasteiger partial charge on any atom is 0.166 e. The quantitative estimate of drug-likeness (QED) is 0.639. The highest BCUT2D eigenvalue weighted by Crippen LogP contribution is 2.57. The molecule has 0 unspecified atom stereocenters. The van der Waals surface area contributed by atoms with Crippen molar-refractivity contribution < 1.29 is 10.2 Å². The molecule has 0 heterocycles. The minimum Gasteiger partial charge on any atom is -0.504 e. The van der Waals surface area contributed by atoms with Crippen molar-refractivity contribution in [2.45, 2.75) is 44.1 Å². The molecule has 0 spiro atoms. The van der Waals surface area contributed by atoms with E-state index in [9.17, 15) is 10.2 Å². The van der Waals surface area contributed by atoms with Crippen molar-refractivity contribution in [1.29, 1.82) is 0 Å². The average Bonchev–Trinajstić information content (AvgIpc) is 2.39. The van der Waals surface area contributed by atoms with Gasteiger partial charge in [0.05, 0.1) is 5.54 Å². The maximum absolute atomic E-state index is 9.87. The lowest BCUT2D eigenvalue weighted by atomic mass is 9.53.